The lowest BCUT2D eigenvalue weighted by Crippen LogP contribution is -2.05. The predicted octanol–water partition coefficient (Wildman–Crippen LogP) is 3.82. The van der Waals surface area contributed by atoms with Crippen LogP contribution in [0, 0.1) is 6.92 Å². The molecule has 0 fully saturated rings. The molecule has 1 N–H and O–H groups in total. The van der Waals surface area contributed by atoms with Gasteiger partial charge in [-0.1, -0.05) is 25.1 Å². The van der Waals surface area contributed by atoms with Crippen molar-refractivity contribution >= 4 is 16.9 Å². The molecule has 0 saturated carbocycles. The second kappa shape index (κ2) is 5.87. The maximum Gasteiger partial charge on any atom is 0.223 e. The predicted molar refractivity (Wildman–Crippen MR) is 86.3 cm³/mol. The molecule has 0 spiro atoms. The van der Waals surface area contributed by atoms with Crippen molar-refractivity contribution in [2.45, 2.75) is 20.3 Å². The third-order valence-corrected chi connectivity index (χ3v) is 3.27. The Kier molecular flexibility index (Phi) is 3.77. The van der Waals surface area contributed by atoms with E-state index in [4.69, 9.17) is 0 Å². The molecular formula is C17H18N4. The largest absolute Gasteiger partial charge is 0.354 e. The van der Waals surface area contributed by atoms with Gasteiger partial charge in [-0.15, -0.1) is 0 Å². The van der Waals surface area contributed by atoms with Gasteiger partial charge in [-0.05, 0) is 31.5 Å². The second-order valence-electron chi connectivity index (χ2n) is 5.06. The van der Waals surface area contributed by atoms with Crippen molar-refractivity contribution in [1.29, 1.82) is 0 Å². The average molecular weight is 278 g/mol. The maximum absolute atomic E-state index is 4.59. The minimum Gasteiger partial charge on any atom is -0.354 e. The molecule has 0 unspecified atom stereocenters. The molecule has 3 aromatic rings. The third-order valence-electron chi connectivity index (χ3n) is 3.27. The highest BCUT2D eigenvalue weighted by Gasteiger charge is 2.06. The lowest BCUT2D eigenvalue weighted by molar-refractivity contribution is 0.947. The highest BCUT2D eigenvalue weighted by Crippen LogP contribution is 2.22. The van der Waals surface area contributed by atoms with Gasteiger partial charge in [0.2, 0.25) is 5.95 Å². The van der Waals surface area contributed by atoms with E-state index in [1.165, 1.54) is 0 Å². The van der Waals surface area contributed by atoms with Crippen molar-refractivity contribution in [3.05, 3.63) is 48.3 Å². The second-order valence-corrected chi connectivity index (χ2v) is 5.06. The summed E-state index contributed by atoms with van der Waals surface area (Å²) in [5.74, 6) is 0.681. The molecule has 0 bridgehead atoms. The van der Waals surface area contributed by atoms with E-state index in [1.54, 1.807) is 0 Å². The van der Waals surface area contributed by atoms with Gasteiger partial charge in [-0.3, -0.25) is 4.98 Å². The zero-order chi connectivity index (χ0) is 14.7. The van der Waals surface area contributed by atoms with Crippen LogP contribution in [0.25, 0.3) is 22.2 Å². The number of anilines is 1. The summed E-state index contributed by atoms with van der Waals surface area (Å²) < 4.78 is 0. The van der Waals surface area contributed by atoms with Gasteiger partial charge in [0.1, 0.15) is 0 Å². The average Bonchev–Trinajstić information content (AvgIpc) is 2.52. The van der Waals surface area contributed by atoms with Gasteiger partial charge in [0.15, 0.2) is 0 Å². The Morgan fingerprint density at radius 3 is 2.81 bits per heavy atom. The highest BCUT2D eigenvalue weighted by atomic mass is 15.1. The molecule has 0 saturated heterocycles. The Morgan fingerprint density at radius 2 is 1.95 bits per heavy atom. The molecule has 0 atom stereocenters. The van der Waals surface area contributed by atoms with E-state index in [0.717, 1.165) is 40.8 Å². The van der Waals surface area contributed by atoms with Crippen LogP contribution < -0.4 is 5.32 Å². The number of nitrogens with one attached hydrogen (secondary N) is 1. The first-order valence-corrected chi connectivity index (χ1v) is 7.21. The Morgan fingerprint density at radius 1 is 1.10 bits per heavy atom. The van der Waals surface area contributed by atoms with E-state index < -0.39 is 0 Å². The van der Waals surface area contributed by atoms with Crippen LogP contribution in [-0.4, -0.2) is 21.5 Å². The molecule has 2 heterocycles. The first kappa shape index (κ1) is 13.5. The molecule has 106 valence electrons. The Labute approximate surface area is 124 Å². The van der Waals surface area contributed by atoms with E-state index in [-0.39, 0.29) is 0 Å². The van der Waals surface area contributed by atoms with E-state index in [2.05, 4.69) is 39.3 Å². The molecule has 3 rings (SSSR count). The van der Waals surface area contributed by atoms with Crippen LogP contribution in [0.1, 0.15) is 19.0 Å². The molecule has 0 amide bonds. The smallest absolute Gasteiger partial charge is 0.223 e. The lowest BCUT2D eigenvalue weighted by atomic mass is 10.1. The molecule has 4 nitrogen and oxygen atoms in total. The van der Waals surface area contributed by atoms with Crippen LogP contribution >= 0.6 is 0 Å². The van der Waals surface area contributed by atoms with Gasteiger partial charge in [0, 0.05) is 29.4 Å². The molecular weight excluding hydrogens is 260 g/mol. The third kappa shape index (κ3) is 2.99. The summed E-state index contributed by atoms with van der Waals surface area (Å²) >= 11 is 0. The van der Waals surface area contributed by atoms with Crippen LogP contribution in [0.5, 0.6) is 0 Å². The van der Waals surface area contributed by atoms with Crippen molar-refractivity contribution < 1.29 is 0 Å². The lowest BCUT2D eigenvalue weighted by Gasteiger charge is -2.08. The Balaban J connectivity index is 2.02. The maximum atomic E-state index is 4.59. The topological polar surface area (TPSA) is 50.7 Å². The fraction of sp³-hybridized carbons (Fsp3) is 0.235. The Hall–Kier alpha value is -2.49. The summed E-state index contributed by atoms with van der Waals surface area (Å²) in [7, 11) is 0. The summed E-state index contributed by atoms with van der Waals surface area (Å²) in [6.07, 6.45) is 2.91. The number of para-hydroxylation sites is 1. The van der Waals surface area contributed by atoms with Crippen LogP contribution in [0.4, 0.5) is 5.95 Å². The first-order valence-electron chi connectivity index (χ1n) is 7.21. The SMILES string of the molecule is CCCNc1nc(C)cc(-c2cnc3ccccc3c2)n1. The summed E-state index contributed by atoms with van der Waals surface area (Å²) in [6.45, 7) is 4.98. The quantitative estimate of drug-likeness (QED) is 0.788. The summed E-state index contributed by atoms with van der Waals surface area (Å²) in [4.78, 5) is 13.5. The summed E-state index contributed by atoms with van der Waals surface area (Å²) in [5, 5.41) is 4.36. The minimum atomic E-state index is 0.681. The van der Waals surface area contributed by atoms with Gasteiger partial charge in [0.05, 0.1) is 11.2 Å². The molecule has 0 aliphatic heterocycles. The van der Waals surface area contributed by atoms with Crippen LogP contribution in [-0.2, 0) is 0 Å². The number of benzene rings is 1. The standard InChI is InChI=1S/C17H18N4/c1-3-8-18-17-20-12(2)9-16(21-17)14-10-13-6-4-5-7-15(13)19-11-14/h4-7,9-11H,3,8H2,1-2H3,(H,18,20,21). The fourth-order valence-electron chi connectivity index (χ4n) is 2.24. The number of rotatable bonds is 4. The van der Waals surface area contributed by atoms with E-state index >= 15 is 0 Å². The van der Waals surface area contributed by atoms with Gasteiger partial charge < -0.3 is 5.32 Å². The van der Waals surface area contributed by atoms with Crippen molar-refractivity contribution in [3.63, 3.8) is 0 Å². The van der Waals surface area contributed by atoms with E-state index in [0.29, 0.717) is 5.95 Å². The van der Waals surface area contributed by atoms with Crippen LogP contribution in [0.3, 0.4) is 0 Å². The zero-order valence-electron chi connectivity index (χ0n) is 12.3. The van der Waals surface area contributed by atoms with E-state index in [1.807, 2.05) is 37.4 Å². The highest BCUT2D eigenvalue weighted by molar-refractivity contribution is 5.82. The number of hydrogen-bond acceptors (Lipinski definition) is 4. The zero-order valence-corrected chi connectivity index (χ0v) is 12.3. The molecule has 0 radical (unpaired) electrons. The molecule has 1 aromatic carbocycles. The van der Waals surface area contributed by atoms with Gasteiger partial charge in [0.25, 0.3) is 0 Å². The molecule has 0 aliphatic rings. The molecule has 21 heavy (non-hydrogen) atoms. The monoisotopic (exact) mass is 278 g/mol. The summed E-state index contributed by atoms with van der Waals surface area (Å²) in [6, 6.07) is 12.2. The van der Waals surface area contributed by atoms with Crippen molar-refractivity contribution in [2.75, 3.05) is 11.9 Å². The number of fused-ring (bicyclic) bond motifs is 1. The molecule has 4 heteroatoms. The Bertz CT molecular complexity index is 768. The van der Waals surface area contributed by atoms with Gasteiger partial charge >= 0.3 is 0 Å². The fourth-order valence-corrected chi connectivity index (χ4v) is 2.24. The minimum absolute atomic E-state index is 0.681. The number of pyridine rings is 1. The number of aromatic nitrogens is 3. The first-order chi connectivity index (χ1) is 10.3. The molecule has 2 aromatic heterocycles. The van der Waals surface area contributed by atoms with Crippen molar-refractivity contribution in [1.82, 2.24) is 15.0 Å². The van der Waals surface area contributed by atoms with Crippen LogP contribution in [0.15, 0.2) is 42.6 Å². The number of hydrogen-bond donors (Lipinski definition) is 1. The molecule has 0 aliphatic carbocycles. The van der Waals surface area contributed by atoms with Gasteiger partial charge in [-0.25, -0.2) is 9.97 Å². The van der Waals surface area contributed by atoms with E-state index in [9.17, 15) is 0 Å². The normalized spacial score (nSPS) is 10.8. The van der Waals surface area contributed by atoms with Crippen LogP contribution in [0.2, 0.25) is 0 Å². The van der Waals surface area contributed by atoms with Gasteiger partial charge in [-0.2, -0.15) is 0 Å². The van der Waals surface area contributed by atoms with Crippen molar-refractivity contribution in [2.24, 2.45) is 0 Å². The number of aryl methyl sites for hydroxylation is 1. The number of nitrogens with zero attached hydrogens (tertiary/aromatic N) is 3. The summed E-state index contributed by atoms with van der Waals surface area (Å²) in [5.41, 5.74) is 3.86. The van der Waals surface area contributed by atoms with Crippen molar-refractivity contribution in [3.8, 4) is 11.3 Å².